The Bertz CT molecular complexity index is 84.5. The van der Waals surface area contributed by atoms with Gasteiger partial charge in [-0.3, -0.25) is 0 Å². The molecule has 0 spiro atoms. The Labute approximate surface area is 49.1 Å². The monoisotopic (exact) mass is 114 g/mol. The highest BCUT2D eigenvalue weighted by atomic mass is 16.6. The zero-order valence-electron chi connectivity index (χ0n) is 4.96. The number of rotatable bonds is 3. The van der Waals surface area contributed by atoms with Crippen LogP contribution < -0.4 is 0 Å². The predicted molar refractivity (Wildman–Crippen MR) is 30.8 cm³/mol. The van der Waals surface area contributed by atoms with E-state index in [1.165, 1.54) is 0 Å². The maximum atomic E-state index is 4.91. The van der Waals surface area contributed by atoms with Crippen molar-refractivity contribution in [3.05, 3.63) is 12.2 Å². The van der Waals surface area contributed by atoms with E-state index >= 15 is 0 Å². The zero-order valence-corrected chi connectivity index (χ0v) is 4.96. The Morgan fingerprint density at radius 1 is 1.88 bits per heavy atom. The molecule has 2 heteroatoms. The summed E-state index contributed by atoms with van der Waals surface area (Å²) < 4.78 is 9.69. The Morgan fingerprint density at radius 3 is 3.12 bits per heavy atom. The van der Waals surface area contributed by atoms with E-state index in [-0.39, 0.29) is 0 Å². The largest absolute Gasteiger partial charge is 0.381 e. The lowest BCUT2D eigenvalue weighted by Crippen LogP contribution is -1.82. The van der Waals surface area contributed by atoms with Gasteiger partial charge < -0.3 is 9.47 Å². The van der Waals surface area contributed by atoms with Crippen LogP contribution in [0.5, 0.6) is 0 Å². The third-order valence-corrected chi connectivity index (χ3v) is 0.973. The maximum Gasteiger partial charge on any atom is 0.0991 e. The molecule has 0 N–H and O–H groups in total. The van der Waals surface area contributed by atoms with Crippen molar-refractivity contribution in [1.29, 1.82) is 0 Å². The minimum Gasteiger partial charge on any atom is -0.381 e. The van der Waals surface area contributed by atoms with Crippen LogP contribution in [0.25, 0.3) is 0 Å². The molecule has 0 aromatic rings. The summed E-state index contributed by atoms with van der Waals surface area (Å²) in [7, 11) is 1.68. The van der Waals surface area contributed by atoms with Crippen LogP contribution in [0, 0.1) is 0 Å². The molecule has 1 aliphatic heterocycles. The van der Waals surface area contributed by atoms with Gasteiger partial charge >= 0.3 is 0 Å². The average molecular weight is 114 g/mol. The number of methoxy groups -OCH3 is 1. The summed E-state index contributed by atoms with van der Waals surface area (Å²) in [4.78, 5) is 0. The van der Waals surface area contributed by atoms with E-state index in [0.717, 1.165) is 6.61 Å². The molecule has 0 amide bonds. The number of ether oxygens (including phenoxy) is 2. The molecule has 2 nitrogen and oxygen atoms in total. The van der Waals surface area contributed by atoms with Gasteiger partial charge in [0.2, 0.25) is 0 Å². The van der Waals surface area contributed by atoms with Crippen LogP contribution in [0.15, 0.2) is 12.2 Å². The second-order valence-electron chi connectivity index (χ2n) is 1.76. The fourth-order valence-electron chi connectivity index (χ4n) is 0.470. The van der Waals surface area contributed by atoms with E-state index in [9.17, 15) is 0 Å². The molecular formula is C6H10O2. The van der Waals surface area contributed by atoms with Crippen molar-refractivity contribution in [1.82, 2.24) is 0 Å². The van der Waals surface area contributed by atoms with Gasteiger partial charge in [-0.15, -0.1) is 0 Å². The minimum atomic E-state index is 0.394. The van der Waals surface area contributed by atoms with Gasteiger partial charge in [-0.2, -0.15) is 0 Å². The third-order valence-electron chi connectivity index (χ3n) is 0.973. The normalized spacial score (nSPS) is 26.9. The van der Waals surface area contributed by atoms with Crippen LogP contribution in [-0.2, 0) is 9.47 Å². The van der Waals surface area contributed by atoms with Gasteiger partial charge in [-0.25, -0.2) is 0 Å². The first kappa shape index (κ1) is 5.79. The quantitative estimate of drug-likeness (QED) is 0.395. The molecule has 1 heterocycles. The van der Waals surface area contributed by atoms with Gasteiger partial charge in [-0.05, 0) is 0 Å². The Hall–Kier alpha value is -0.340. The van der Waals surface area contributed by atoms with Crippen LogP contribution in [0.3, 0.4) is 0 Å². The molecule has 0 aromatic heterocycles. The highest BCUT2D eigenvalue weighted by molar-refractivity contribution is 4.95. The molecule has 1 aliphatic rings. The lowest BCUT2D eigenvalue weighted by atomic mass is 10.4. The van der Waals surface area contributed by atoms with Crippen molar-refractivity contribution in [3.8, 4) is 0 Å². The molecule has 1 rings (SSSR count). The van der Waals surface area contributed by atoms with Gasteiger partial charge in [-0.1, -0.05) is 12.2 Å². The summed E-state index contributed by atoms with van der Waals surface area (Å²) >= 11 is 0. The fourth-order valence-corrected chi connectivity index (χ4v) is 0.470. The fraction of sp³-hybridized carbons (Fsp3) is 0.667. The van der Waals surface area contributed by atoms with Crippen molar-refractivity contribution in [3.63, 3.8) is 0 Å². The number of hydrogen-bond donors (Lipinski definition) is 0. The van der Waals surface area contributed by atoms with E-state index in [4.69, 9.17) is 9.47 Å². The highest BCUT2D eigenvalue weighted by Crippen LogP contribution is 2.08. The molecule has 0 radical (unpaired) electrons. The van der Waals surface area contributed by atoms with Crippen LogP contribution >= 0.6 is 0 Å². The second-order valence-corrected chi connectivity index (χ2v) is 1.76. The predicted octanol–water partition coefficient (Wildman–Crippen LogP) is 0.588. The summed E-state index contributed by atoms with van der Waals surface area (Å²) in [6.45, 7) is 1.58. The zero-order chi connectivity index (χ0) is 5.82. The third kappa shape index (κ3) is 2.09. The van der Waals surface area contributed by atoms with Gasteiger partial charge in [0.15, 0.2) is 0 Å². The summed E-state index contributed by atoms with van der Waals surface area (Å²) in [6.07, 6.45) is 4.38. The SMILES string of the molecule is COC/C=C\C1CO1. The van der Waals surface area contributed by atoms with Crippen LogP contribution in [0.1, 0.15) is 0 Å². The first-order valence-electron chi connectivity index (χ1n) is 2.70. The van der Waals surface area contributed by atoms with E-state index in [1.807, 2.05) is 12.2 Å². The Kier molecular flexibility index (Phi) is 2.06. The van der Waals surface area contributed by atoms with E-state index < -0.39 is 0 Å². The smallest absolute Gasteiger partial charge is 0.0991 e. The first-order chi connectivity index (χ1) is 3.93. The summed E-state index contributed by atoms with van der Waals surface area (Å²) in [5.41, 5.74) is 0. The van der Waals surface area contributed by atoms with Gasteiger partial charge in [0.1, 0.15) is 0 Å². The first-order valence-corrected chi connectivity index (χ1v) is 2.70. The van der Waals surface area contributed by atoms with Crippen molar-refractivity contribution < 1.29 is 9.47 Å². The van der Waals surface area contributed by atoms with Gasteiger partial charge in [0.05, 0.1) is 19.3 Å². The van der Waals surface area contributed by atoms with E-state index in [0.29, 0.717) is 12.7 Å². The minimum absolute atomic E-state index is 0.394. The molecular weight excluding hydrogens is 104 g/mol. The Balaban J connectivity index is 1.96. The molecule has 46 valence electrons. The van der Waals surface area contributed by atoms with Crippen molar-refractivity contribution in [2.45, 2.75) is 6.10 Å². The van der Waals surface area contributed by atoms with E-state index in [2.05, 4.69) is 0 Å². The van der Waals surface area contributed by atoms with Crippen molar-refractivity contribution >= 4 is 0 Å². The number of hydrogen-bond acceptors (Lipinski definition) is 2. The van der Waals surface area contributed by atoms with Crippen LogP contribution in [0.4, 0.5) is 0 Å². The van der Waals surface area contributed by atoms with Gasteiger partial charge in [0.25, 0.3) is 0 Å². The molecule has 1 fully saturated rings. The molecule has 0 bridgehead atoms. The maximum absolute atomic E-state index is 4.91. The highest BCUT2D eigenvalue weighted by Gasteiger charge is 2.17. The molecule has 0 aromatic carbocycles. The average Bonchev–Trinajstić information content (AvgIpc) is 2.51. The second kappa shape index (κ2) is 2.84. The van der Waals surface area contributed by atoms with E-state index in [1.54, 1.807) is 7.11 Å². The standard InChI is InChI=1S/C6H10O2/c1-7-4-2-3-6-5-8-6/h2-3,6H,4-5H2,1H3/b3-2-. The summed E-state index contributed by atoms with van der Waals surface area (Å²) in [5, 5.41) is 0. The molecule has 1 atom stereocenters. The van der Waals surface area contributed by atoms with Crippen molar-refractivity contribution in [2.24, 2.45) is 0 Å². The molecule has 8 heavy (non-hydrogen) atoms. The topological polar surface area (TPSA) is 21.8 Å². The lowest BCUT2D eigenvalue weighted by Gasteiger charge is -1.83. The Morgan fingerprint density at radius 2 is 2.62 bits per heavy atom. The molecule has 0 saturated carbocycles. The van der Waals surface area contributed by atoms with Gasteiger partial charge in [0, 0.05) is 7.11 Å². The van der Waals surface area contributed by atoms with Crippen LogP contribution in [0.2, 0.25) is 0 Å². The molecule has 1 saturated heterocycles. The summed E-state index contributed by atoms with van der Waals surface area (Å²) in [5.74, 6) is 0. The lowest BCUT2D eigenvalue weighted by molar-refractivity contribution is 0.233. The van der Waals surface area contributed by atoms with Crippen molar-refractivity contribution in [2.75, 3.05) is 20.3 Å². The number of epoxide rings is 1. The molecule has 0 aliphatic carbocycles. The molecule has 1 unspecified atom stereocenters. The van der Waals surface area contributed by atoms with Crippen LogP contribution in [-0.4, -0.2) is 26.4 Å². The summed E-state index contributed by atoms with van der Waals surface area (Å²) in [6, 6.07) is 0.